The summed E-state index contributed by atoms with van der Waals surface area (Å²) >= 11 is 0. The number of aromatic nitrogens is 1. The molecule has 2 fully saturated rings. The smallest absolute Gasteiger partial charge is 0.323 e. The first-order chi connectivity index (χ1) is 20.3. The van der Waals surface area contributed by atoms with Crippen LogP contribution in [0, 0.1) is 11.8 Å². The molecule has 43 heavy (non-hydrogen) atoms. The number of amides is 1. The van der Waals surface area contributed by atoms with E-state index in [4.69, 9.17) is 30.4 Å². The first kappa shape index (κ1) is 34.0. The largest absolute Gasteiger partial charge is 0.463 e. The fourth-order valence-electron chi connectivity index (χ4n) is 4.72. The number of nitrogens with one attached hydrogen (secondary N) is 1. The second-order valence-electron chi connectivity index (χ2n) is 11.7. The van der Waals surface area contributed by atoms with Gasteiger partial charge in [0.15, 0.2) is 17.5 Å². The highest BCUT2D eigenvalue weighted by molar-refractivity contribution is 6.08. The number of aliphatic imine (C=N–C) groups is 3. The number of carbonyl (C=O) groups is 3. The van der Waals surface area contributed by atoms with Gasteiger partial charge >= 0.3 is 11.9 Å². The normalized spacial score (nSPS) is 25.5. The summed E-state index contributed by atoms with van der Waals surface area (Å²) in [7, 11) is 1.38. The molecule has 0 bridgehead atoms. The molecule has 14 heteroatoms. The van der Waals surface area contributed by atoms with E-state index in [1.165, 1.54) is 7.11 Å². The summed E-state index contributed by atoms with van der Waals surface area (Å²) in [5, 5.41) is 11.7. The lowest BCUT2D eigenvalue weighted by Crippen LogP contribution is -2.47. The van der Waals surface area contributed by atoms with Gasteiger partial charge in [-0.05, 0) is 57.4 Å². The summed E-state index contributed by atoms with van der Waals surface area (Å²) in [6.45, 7) is 9.76. The highest BCUT2D eigenvalue weighted by Crippen LogP contribution is 2.42. The van der Waals surface area contributed by atoms with Gasteiger partial charge in [0.05, 0.1) is 24.3 Å². The zero-order chi connectivity index (χ0) is 31.9. The van der Waals surface area contributed by atoms with E-state index in [-0.39, 0.29) is 42.9 Å². The third-order valence-electron chi connectivity index (χ3n) is 8.01. The Morgan fingerprint density at radius 1 is 1.30 bits per heavy atom. The molecule has 1 saturated carbocycles. The molecule has 2 heterocycles. The SMILES string of the molecule is C=NC[C@@]1(c2ccc(C(N=CN)=NC(=O)C(C)(C)OC)[nH]2)O[C@H](COC(=O)CC2CCC2)[C@@H](OC(=O)[C@H](N)C(C)C)[C@H]1O. The van der Waals surface area contributed by atoms with Crippen LogP contribution in [-0.2, 0) is 38.9 Å². The van der Waals surface area contributed by atoms with Crippen LogP contribution in [0.5, 0.6) is 0 Å². The number of aromatic amines is 1. The Morgan fingerprint density at radius 2 is 2.00 bits per heavy atom. The summed E-state index contributed by atoms with van der Waals surface area (Å²) in [5.41, 5.74) is 9.26. The molecule has 0 spiro atoms. The first-order valence-electron chi connectivity index (χ1n) is 14.3. The van der Waals surface area contributed by atoms with E-state index in [0.29, 0.717) is 5.69 Å². The van der Waals surface area contributed by atoms with E-state index in [2.05, 4.69) is 26.7 Å². The van der Waals surface area contributed by atoms with Gasteiger partial charge in [0.1, 0.15) is 30.5 Å². The quantitative estimate of drug-likeness (QED) is 0.142. The van der Waals surface area contributed by atoms with Crippen molar-refractivity contribution in [2.45, 2.75) is 88.9 Å². The zero-order valence-electron chi connectivity index (χ0n) is 25.4. The Bertz CT molecular complexity index is 1220. The third-order valence-corrected chi connectivity index (χ3v) is 8.01. The van der Waals surface area contributed by atoms with E-state index in [1.807, 2.05) is 0 Å². The molecule has 1 aliphatic heterocycles. The number of carbonyl (C=O) groups excluding carboxylic acids is 3. The number of methoxy groups -OCH3 is 1. The van der Waals surface area contributed by atoms with E-state index in [1.54, 1.807) is 39.8 Å². The number of nitrogens with zero attached hydrogens (tertiary/aromatic N) is 3. The van der Waals surface area contributed by atoms with Gasteiger partial charge in [-0.3, -0.25) is 19.4 Å². The van der Waals surface area contributed by atoms with Crippen LogP contribution < -0.4 is 11.5 Å². The van der Waals surface area contributed by atoms with E-state index >= 15 is 0 Å². The van der Waals surface area contributed by atoms with Gasteiger partial charge in [0.2, 0.25) is 0 Å². The van der Waals surface area contributed by atoms with Crippen molar-refractivity contribution >= 4 is 36.7 Å². The summed E-state index contributed by atoms with van der Waals surface area (Å²) in [6.07, 6.45) is 0.473. The molecule has 6 N–H and O–H groups in total. The molecule has 238 valence electrons. The fraction of sp³-hybridized carbons (Fsp3) is 0.655. The third kappa shape index (κ3) is 7.74. The topological polar surface area (TPSA) is 213 Å². The Hall–Kier alpha value is -3.46. The van der Waals surface area contributed by atoms with Gasteiger partial charge in [-0.25, -0.2) is 4.99 Å². The van der Waals surface area contributed by atoms with Gasteiger partial charge in [-0.1, -0.05) is 20.3 Å². The molecule has 1 aromatic rings. The van der Waals surface area contributed by atoms with Crippen molar-refractivity contribution in [2.24, 2.45) is 38.3 Å². The van der Waals surface area contributed by atoms with Crippen LogP contribution in [0.4, 0.5) is 0 Å². The van der Waals surface area contributed by atoms with Crippen molar-refractivity contribution in [3.05, 3.63) is 23.5 Å². The Morgan fingerprint density at radius 3 is 2.56 bits per heavy atom. The molecular weight excluding hydrogens is 560 g/mol. The van der Waals surface area contributed by atoms with E-state index < -0.39 is 53.4 Å². The number of rotatable bonds is 13. The summed E-state index contributed by atoms with van der Waals surface area (Å²) in [4.78, 5) is 53.2. The zero-order valence-corrected chi connectivity index (χ0v) is 25.4. The summed E-state index contributed by atoms with van der Waals surface area (Å²) in [5.74, 6) is -1.75. The van der Waals surface area contributed by atoms with Gasteiger partial charge in [-0.2, -0.15) is 4.99 Å². The lowest BCUT2D eigenvalue weighted by Gasteiger charge is -2.30. The van der Waals surface area contributed by atoms with Crippen molar-refractivity contribution in [1.82, 2.24) is 4.98 Å². The van der Waals surface area contributed by atoms with Crippen LogP contribution in [-0.4, -0.2) is 97.0 Å². The second kappa shape index (κ2) is 14.3. The molecule has 2 aliphatic rings. The number of H-pyrrole nitrogens is 1. The molecule has 1 amide bonds. The standard InChI is InChI=1S/C29H44N6O8/c1-16(2)22(31)26(38)42-23-19(13-41-21(36)12-17-8-7-9-17)43-29(14-32-5,24(23)37)20-11-10-18(34-20)25(33-15-30)35-27(39)28(3,4)40-6/h10-11,15-17,19,22-24,34,37H,5,7-9,12-14,31H2,1-4,6H3,(H2,30,33,35,39)/t19-,22-,23-,24-,29+/m1/s1. The molecule has 1 aliphatic carbocycles. The van der Waals surface area contributed by atoms with Crippen LogP contribution in [0.15, 0.2) is 27.1 Å². The first-order valence-corrected chi connectivity index (χ1v) is 14.3. The van der Waals surface area contributed by atoms with Crippen LogP contribution in [0.2, 0.25) is 0 Å². The second-order valence-corrected chi connectivity index (χ2v) is 11.7. The van der Waals surface area contributed by atoms with Gasteiger partial charge in [0.25, 0.3) is 5.91 Å². The number of amidine groups is 1. The number of esters is 2. The number of nitrogens with two attached hydrogens (primary N) is 2. The molecule has 14 nitrogen and oxygen atoms in total. The minimum absolute atomic E-state index is 0.0505. The maximum atomic E-state index is 12.9. The number of aliphatic hydroxyl groups excluding tert-OH is 1. The number of hydrogen-bond donors (Lipinski definition) is 4. The van der Waals surface area contributed by atoms with Crippen molar-refractivity contribution in [3.63, 3.8) is 0 Å². The Balaban J connectivity index is 1.96. The molecule has 1 aromatic heterocycles. The number of aliphatic hydroxyl groups is 1. The van der Waals surface area contributed by atoms with Crippen molar-refractivity contribution < 1.29 is 38.4 Å². The minimum Gasteiger partial charge on any atom is -0.463 e. The number of hydrogen-bond acceptors (Lipinski definition) is 10. The van der Waals surface area contributed by atoms with Crippen LogP contribution >= 0.6 is 0 Å². The predicted octanol–water partition coefficient (Wildman–Crippen LogP) is 0.984. The van der Waals surface area contributed by atoms with Crippen molar-refractivity contribution in [1.29, 1.82) is 0 Å². The molecule has 0 aromatic carbocycles. The van der Waals surface area contributed by atoms with Crippen LogP contribution in [0.25, 0.3) is 0 Å². The molecule has 5 atom stereocenters. The fourth-order valence-corrected chi connectivity index (χ4v) is 4.72. The minimum atomic E-state index is -1.62. The van der Waals surface area contributed by atoms with Gasteiger partial charge in [0, 0.05) is 13.5 Å². The predicted molar refractivity (Wildman–Crippen MR) is 159 cm³/mol. The molecule has 0 radical (unpaired) electrons. The lowest BCUT2D eigenvalue weighted by atomic mass is 9.83. The Kier molecular flexibility index (Phi) is 11.4. The average molecular weight is 605 g/mol. The monoisotopic (exact) mass is 604 g/mol. The van der Waals surface area contributed by atoms with E-state index in [0.717, 1.165) is 25.6 Å². The average Bonchev–Trinajstić information content (AvgIpc) is 3.53. The molecule has 0 unspecified atom stereocenters. The summed E-state index contributed by atoms with van der Waals surface area (Å²) in [6, 6.07) is 2.19. The van der Waals surface area contributed by atoms with Crippen molar-refractivity contribution in [2.75, 3.05) is 20.3 Å². The maximum Gasteiger partial charge on any atom is 0.323 e. The van der Waals surface area contributed by atoms with Gasteiger partial charge in [-0.15, -0.1) is 0 Å². The van der Waals surface area contributed by atoms with Crippen LogP contribution in [0.3, 0.4) is 0 Å². The van der Waals surface area contributed by atoms with Gasteiger partial charge < -0.3 is 40.5 Å². The summed E-state index contributed by atoms with van der Waals surface area (Å²) < 4.78 is 22.8. The highest BCUT2D eigenvalue weighted by atomic mass is 16.6. The van der Waals surface area contributed by atoms with Crippen molar-refractivity contribution in [3.8, 4) is 0 Å². The molecular formula is C29H44N6O8. The number of ether oxygens (including phenoxy) is 4. The van der Waals surface area contributed by atoms with Crippen LogP contribution in [0.1, 0.15) is 64.8 Å². The van der Waals surface area contributed by atoms with E-state index in [9.17, 15) is 19.5 Å². The highest BCUT2D eigenvalue weighted by Gasteiger charge is 2.58. The Labute approximate surface area is 251 Å². The maximum absolute atomic E-state index is 12.9. The molecule has 3 rings (SSSR count). The lowest BCUT2D eigenvalue weighted by molar-refractivity contribution is -0.163. The molecule has 1 saturated heterocycles.